The maximum atomic E-state index is 13.1. The molecule has 1 aromatic carbocycles. The third-order valence-corrected chi connectivity index (χ3v) is 3.07. The van der Waals surface area contributed by atoms with Crippen LogP contribution < -0.4 is 0 Å². The molecule has 0 radical (unpaired) electrons. The molecule has 0 aliphatic carbocycles. The number of aliphatic carboxylic acids is 1. The normalized spacial score (nSPS) is 18.9. The monoisotopic (exact) mass is 285 g/mol. The largest absolute Gasteiger partial charge is 0.480 e. The maximum Gasteiger partial charge on any atom is 0.328 e. The zero-order chi connectivity index (χ0) is 14.7. The van der Waals surface area contributed by atoms with Crippen LogP contribution in [0, 0.1) is 11.6 Å². The number of carbonyl (C=O) groups is 2. The number of hydrogen-bond donors (Lipinski definition) is 1. The zero-order valence-electron chi connectivity index (χ0n) is 10.5. The van der Waals surface area contributed by atoms with Gasteiger partial charge in [0.05, 0.1) is 19.6 Å². The molecule has 7 heteroatoms. The number of benzene rings is 1. The second-order valence-corrected chi connectivity index (χ2v) is 4.44. The van der Waals surface area contributed by atoms with Crippen LogP contribution in [0.15, 0.2) is 18.2 Å². The Balaban J connectivity index is 2.09. The van der Waals surface area contributed by atoms with E-state index in [1.54, 1.807) is 0 Å². The Bertz CT molecular complexity index is 535. The number of nitrogens with zero attached hydrogens (tertiary/aromatic N) is 1. The number of ether oxygens (including phenoxy) is 1. The van der Waals surface area contributed by atoms with Gasteiger partial charge in [-0.25, -0.2) is 13.6 Å². The molecule has 20 heavy (non-hydrogen) atoms. The summed E-state index contributed by atoms with van der Waals surface area (Å²) in [5.41, 5.74) is 0.296. The van der Waals surface area contributed by atoms with Gasteiger partial charge in [0, 0.05) is 6.54 Å². The van der Waals surface area contributed by atoms with E-state index in [4.69, 9.17) is 9.84 Å². The van der Waals surface area contributed by atoms with Crippen molar-refractivity contribution < 1.29 is 28.2 Å². The van der Waals surface area contributed by atoms with E-state index in [1.165, 1.54) is 11.0 Å². The van der Waals surface area contributed by atoms with E-state index in [9.17, 15) is 18.4 Å². The summed E-state index contributed by atoms with van der Waals surface area (Å²) in [4.78, 5) is 24.3. The summed E-state index contributed by atoms with van der Waals surface area (Å²) < 4.78 is 30.9. The third-order valence-electron chi connectivity index (χ3n) is 3.07. The Kier molecular flexibility index (Phi) is 4.29. The molecule has 1 unspecified atom stereocenters. The van der Waals surface area contributed by atoms with E-state index in [2.05, 4.69) is 0 Å². The number of carbonyl (C=O) groups excluding carboxylic acids is 1. The van der Waals surface area contributed by atoms with Crippen LogP contribution >= 0.6 is 0 Å². The second-order valence-electron chi connectivity index (χ2n) is 4.44. The smallest absolute Gasteiger partial charge is 0.328 e. The van der Waals surface area contributed by atoms with Gasteiger partial charge in [0.25, 0.3) is 0 Å². The fourth-order valence-corrected chi connectivity index (χ4v) is 2.03. The molecule has 1 heterocycles. The van der Waals surface area contributed by atoms with Gasteiger partial charge in [0.2, 0.25) is 5.91 Å². The average molecular weight is 285 g/mol. The summed E-state index contributed by atoms with van der Waals surface area (Å²) in [5.74, 6) is -3.63. The Morgan fingerprint density at radius 3 is 2.75 bits per heavy atom. The SMILES string of the molecule is O=C(O)C1COCCN1C(=O)Cc1ccc(F)c(F)c1. The lowest BCUT2D eigenvalue weighted by atomic mass is 10.1. The lowest BCUT2D eigenvalue weighted by Crippen LogP contribution is -2.53. The Labute approximate surface area is 113 Å². The fraction of sp³-hybridized carbons (Fsp3) is 0.385. The number of carboxylic acid groups (broad SMARTS) is 1. The molecule has 0 aromatic heterocycles. The van der Waals surface area contributed by atoms with Gasteiger partial charge in [-0.15, -0.1) is 0 Å². The molecule has 108 valence electrons. The molecule has 2 rings (SSSR count). The van der Waals surface area contributed by atoms with E-state index in [-0.39, 0.29) is 26.2 Å². The minimum absolute atomic E-state index is 0.0706. The van der Waals surface area contributed by atoms with Crippen molar-refractivity contribution in [3.63, 3.8) is 0 Å². The van der Waals surface area contributed by atoms with Gasteiger partial charge in [0.1, 0.15) is 0 Å². The Morgan fingerprint density at radius 1 is 1.35 bits per heavy atom. The van der Waals surface area contributed by atoms with Gasteiger partial charge < -0.3 is 14.7 Å². The molecule has 1 atom stereocenters. The van der Waals surface area contributed by atoms with Crippen molar-refractivity contribution in [1.29, 1.82) is 0 Å². The molecule has 1 aliphatic rings. The van der Waals surface area contributed by atoms with Crippen LogP contribution in [0.3, 0.4) is 0 Å². The highest BCUT2D eigenvalue weighted by atomic mass is 19.2. The molecule has 0 spiro atoms. The van der Waals surface area contributed by atoms with Crippen molar-refractivity contribution in [3.8, 4) is 0 Å². The summed E-state index contributed by atoms with van der Waals surface area (Å²) >= 11 is 0. The van der Waals surface area contributed by atoms with Crippen LogP contribution in [0.4, 0.5) is 8.78 Å². The molecule has 0 saturated carbocycles. The molecule has 1 N–H and O–H groups in total. The number of carboxylic acids is 1. The van der Waals surface area contributed by atoms with Gasteiger partial charge in [-0.2, -0.15) is 0 Å². The van der Waals surface area contributed by atoms with Crippen LogP contribution in [0.5, 0.6) is 0 Å². The van der Waals surface area contributed by atoms with Crippen LogP contribution in [0.1, 0.15) is 5.56 Å². The summed E-state index contributed by atoms with van der Waals surface area (Å²) in [5, 5.41) is 9.02. The lowest BCUT2D eigenvalue weighted by molar-refractivity contribution is -0.158. The molecule has 5 nitrogen and oxygen atoms in total. The molecule has 1 aliphatic heterocycles. The molecule has 1 saturated heterocycles. The Hall–Kier alpha value is -2.02. The standard InChI is InChI=1S/C13H13F2NO4/c14-9-2-1-8(5-10(9)15)6-12(17)16-3-4-20-7-11(16)13(18)19/h1-2,5,11H,3-4,6-7H2,(H,18,19). The van der Waals surface area contributed by atoms with E-state index in [0.717, 1.165) is 12.1 Å². The zero-order valence-corrected chi connectivity index (χ0v) is 10.5. The minimum Gasteiger partial charge on any atom is -0.480 e. The predicted molar refractivity (Wildman–Crippen MR) is 64.0 cm³/mol. The fourth-order valence-electron chi connectivity index (χ4n) is 2.03. The summed E-state index contributed by atoms with van der Waals surface area (Å²) in [6.45, 7) is 0.353. The van der Waals surface area contributed by atoms with Crippen molar-refractivity contribution in [1.82, 2.24) is 4.90 Å². The quantitative estimate of drug-likeness (QED) is 0.893. The molecule has 1 amide bonds. The molecular weight excluding hydrogens is 272 g/mol. The van der Waals surface area contributed by atoms with Crippen molar-refractivity contribution in [2.24, 2.45) is 0 Å². The van der Waals surface area contributed by atoms with Crippen LogP contribution in [0.2, 0.25) is 0 Å². The number of hydrogen-bond acceptors (Lipinski definition) is 3. The van der Waals surface area contributed by atoms with E-state index >= 15 is 0 Å². The number of morpholine rings is 1. The molecule has 1 aromatic rings. The first-order chi connectivity index (χ1) is 9.49. The lowest BCUT2D eigenvalue weighted by Gasteiger charge is -2.32. The first-order valence-corrected chi connectivity index (χ1v) is 6.03. The average Bonchev–Trinajstić information content (AvgIpc) is 2.43. The highest BCUT2D eigenvalue weighted by Gasteiger charge is 2.32. The topological polar surface area (TPSA) is 66.8 Å². The van der Waals surface area contributed by atoms with Crippen LogP contribution in [-0.2, 0) is 20.7 Å². The maximum absolute atomic E-state index is 13.1. The Morgan fingerprint density at radius 2 is 2.10 bits per heavy atom. The van der Waals surface area contributed by atoms with Gasteiger partial charge in [0.15, 0.2) is 17.7 Å². The van der Waals surface area contributed by atoms with Crippen molar-refractivity contribution in [2.45, 2.75) is 12.5 Å². The van der Waals surface area contributed by atoms with Gasteiger partial charge in [-0.1, -0.05) is 6.07 Å². The summed E-state index contributed by atoms with van der Waals surface area (Å²) in [7, 11) is 0. The second kappa shape index (κ2) is 5.96. The van der Waals surface area contributed by atoms with Gasteiger partial charge in [-0.3, -0.25) is 4.79 Å². The predicted octanol–water partition coefficient (Wildman–Crippen LogP) is 0.819. The summed E-state index contributed by atoms with van der Waals surface area (Å²) in [6, 6.07) is 2.13. The van der Waals surface area contributed by atoms with E-state index in [1.807, 2.05) is 0 Å². The van der Waals surface area contributed by atoms with Crippen molar-refractivity contribution >= 4 is 11.9 Å². The van der Waals surface area contributed by atoms with Crippen molar-refractivity contribution in [2.75, 3.05) is 19.8 Å². The van der Waals surface area contributed by atoms with Gasteiger partial charge >= 0.3 is 5.97 Å². The third kappa shape index (κ3) is 3.11. The molecule has 0 bridgehead atoms. The van der Waals surface area contributed by atoms with E-state index in [0.29, 0.717) is 5.56 Å². The highest BCUT2D eigenvalue weighted by Crippen LogP contribution is 2.13. The number of halogens is 2. The number of rotatable bonds is 3. The minimum atomic E-state index is -1.15. The summed E-state index contributed by atoms with van der Waals surface area (Å²) in [6.07, 6.45) is -0.180. The first-order valence-electron chi connectivity index (χ1n) is 6.03. The van der Waals surface area contributed by atoms with E-state index < -0.39 is 29.6 Å². The van der Waals surface area contributed by atoms with Crippen LogP contribution in [0.25, 0.3) is 0 Å². The number of amides is 1. The molecule has 1 fully saturated rings. The van der Waals surface area contributed by atoms with Gasteiger partial charge in [-0.05, 0) is 17.7 Å². The van der Waals surface area contributed by atoms with Crippen LogP contribution in [-0.4, -0.2) is 47.7 Å². The van der Waals surface area contributed by atoms with Crippen molar-refractivity contribution in [3.05, 3.63) is 35.4 Å². The first kappa shape index (κ1) is 14.4. The molecular formula is C13H13F2NO4. The highest BCUT2D eigenvalue weighted by molar-refractivity contribution is 5.85.